The molecular weight excluding hydrogens is 330 g/mol. The van der Waals surface area contributed by atoms with E-state index in [1.807, 2.05) is 30.3 Å². The molecule has 0 spiro atoms. The summed E-state index contributed by atoms with van der Waals surface area (Å²) in [6.07, 6.45) is 0. The van der Waals surface area contributed by atoms with Crippen LogP contribution in [0.2, 0.25) is 0 Å². The molecule has 0 aliphatic rings. The average Bonchev–Trinajstić information content (AvgIpc) is 2.67. The van der Waals surface area contributed by atoms with Gasteiger partial charge in [0.25, 0.3) is 0 Å². The van der Waals surface area contributed by atoms with Crippen LogP contribution < -0.4 is 4.74 Å². The Balaban J connectivity index is 1.86. The predicted molar refractivity (Wildman–Crippen MR) is 97.8 cm³/mol. The maximum Gasteiger partial charge on any atom is 0.143 e. The van der Waals surface area contributed by atoms with Gasteiger partial charge >= 0.3 is 0 Å². The summed E-state index contributed by atoms with van der Waals surface area (Å²) in [6.45, 7) is 0. The Bertz CT molecular complexity index is 1010. The van der Waals surface area contributed by atoms with Crippen molar-refractivity contribution in [3.63, 3.8) is 0 Å². The molecule has 0 aliphatic carbocycles. The van der Waals surface area contributed by atoms with E-state index in [0.717, 1.165) is 5.56 Å². The van der Waals surface area contributed by atoms with Crippen LogP contribution in [0.25, 0.3) is 0 Å². The number of methoxy groups -OCH3 is 1. The summed E-state index contributed by atoms with van der Waals surface area (Å²) >= 11 is 0. The fraction of sp³-hybridized carbons (Fsp3) is 0.0435. The topological polar surface area (TPSA) is 9.23 Å². The maximum atomic E-state index is 14.2. The normalized spacial score (nSPS) is 9.50. The highest BCUT2D eigenvalue weighted by molar-refractivity contribution is 5.49. The number of hydrogen-bond acceptors (Lipinski definition) is 1. The molecule has 3 aromatic rings. The first-order valence-corrected chi connectivity index (χ1v) is 7.88. The summed E-state index contributed by atoms with van der Waals surface area (Å²) in [4.78, 5) is 0. The van der Waals surface area contributed by atoms with Crippen molar-refractivity contribution in [2.45, 2.75) is 0 Å². The second-order valence-corrected chi connectivity index (χ2v) is 5.41. The summed E-state index contributed by atoms with van der Waals surface area (Å²) in [7, 11) is 1.56. The minimum absolute atomic E-state index is 0.263. The third-order valence-corrected chi connectivity index (χ3v) is 3.59. The highest BCUT2D eigenvalue weighted by atomic mass is 19.1. The van der Waals surface area contributed by atoms with E-state index in [4.69, 9.17) is 4.74 Å². The van der Waals surface area contributed by atoms with E-state index in [9.17, 15) is 8.78 Å². The third kappa shape index (κ3) is 4.29. The van der Waals surface area contributed by atoms with Gasteiger partial charge in [-0.2, -0.15) is 0 Å². The maximum absolute atomic E-state index is 14.2. The Morgan fingerprint density at radius 2 is 1.19 bits per heavy atom. The first kappa shape index (κ1) is 17.3. The molecule has 3 aromatic carbocycles. The Kier molecular flexibility index (Phi) is 5.32. The molecule has 0 N–H and O–H groups in total. The Morgan fingerprint density at radius 3 is 1.81 bits per heavy atom. The van der Waals surface area contributed by atoms with Crippen molar-refractivity contribution in [1.82, 2.24) is 0 Å². The molecule has 26 heavy (non-hydrogen) atoms. The van der Waals surface area contributed by atoms with Crippen molar-refractivity contribution in [2.24, 2.45) is 0 Å². The van der Waals surface area contributed by atoms with Crippen LogP contribution in [0.15, 0.2) is 66.7 Å². The third-order valence-electron chi connectivity index (χ3n) is 3.59. The zero-order valence-corrected chi connectivity index (χ0v) is 14.0. The zero-order chi connectivity index (χ0) is 18.4. The fourth-order valence-corrected chi connectivity index (χ4v) is 2.24. The van der Waals surface area contributed by atoms with Crippen LogP contribution >= 0.6 is 0 Å². The lowest BCUT2D eigenvalue weighted by Gasteiger charge is -2.00. The molecule has 0 fully saturated rings. The van der Waals surface area contributed by atoms with Gasteiger partial charge in [-0.3, -0.25) is 0 Å². The molecule has 0 aliphatic heterocycles. The highest BCUT2D eigenvalue weighted by Gasteiger charge is 2.08. The molecule has 3 rings (SSSR count). The lowest BCUT2D eigenvalue weighted by molar-refractivity contribution is 0.415. The minimum Gasteiger partial charge on any atom is -0.497 e. The van der Waals surface area contributed by atoms with Gasteiger partial charge in [0.1, 0.15) is 17.4 Å². The van der Waals surface area contributed by atoms with Crippen LogP contribution in [0.4, 0.5) is 8.78 Å². The highest BCUT2D eigenvalue weighted by Crippen LogP contribution is 2.15. The van der Waals surface area contributed by atoms with E-state index < -0.39 is 11.6 Å². The number of rotatable bonds is 1. The smallest absolute Gasteiger partial charge is 0.143 e. The van der Waals surface area contributed by atoms with Crippen LogP contribution in [0.1, 0.15) is 22.3 Å². The zero-order valence-electron chi connectivity index (χ0n) is 14.0. The van der Waals surface area contributed by atoms with Crippen molar-refractivity contribution in [3.8, 4) is 29.4 Å². The predicted octanol–water partition coefficient (Wildman–Crippen LogP) is 4.77. The van der Waals surface area contributed by atoms with E-state index >= 15 is 0 Å². The van der Waals surface area contributed by atoms with Crippen LogP contribution in [0, 0.1) is 35.3 Å². The van der Waals surface area contributed by atoms with Gasteiger partial charge in [-0.25, -0.2) is 8.78 Å². The Labute approximate surface area is 151 Å². The second-order valence-electron chi connectivity index (χ2n) is 5.41. The van der Waals surface area contributed by atoms with Gasteiger partial charge in [0.05, 0.1) is 12.7 Å². The summed E-state index contributed by atoms with van der Waals surface area (Å²) in [6, 6.07) is 18.5. The van der Waals surface area contributed by atoms with Crippen molar-refractivity contribution in [3.05, 3.63) is 101 Å². The SMILES string of the molecule is COc1ccc(C#Cc2c(F)cc(C#Cc3ccccc3)cc2F)cc1. The van der Waals surface area contributed by atoms with Gasteiger partial charge < -0.3 is 4.74 Å². The molecule has 0 saturated carbocycles. The van der Waals surface area contributed by atoms with Crippen molar-refractivity contribution >= 4 is 0 Å². The van der Waals surface area contributed by atoms with Gasteiger partial charge in [0, 0.05) is 16.7 Å². The summed E-state index contributed by atoms with van der Waals surface area (Å²) in [5.74, 6) is 10.2. The fourth-order valence-electron chi connectivity index (χ4n) is 2.24. The van der Waals surface area contributed by atoms with E-state index in [-0.39, 0.29) is 11.1 Å². The van der Waals surface area contributed by atoms with Gasteiger partial charge in [-0.1, -0.05) is 41.9 Å². The molecule has 0 unspecified atom stereocenters. The standard InChI is InChI=1S/C23H14F2O/c1-26-20-12-9-18(10-13-20)11-14-21-22(24)15-19(16-23(21)25)8-7-17-5-3-2-4-6-17/h2-6,9-10,12-13,15-16H,1H3. The van der Waals surface area contributed by atoms with Crippen LogP contribution in [-0.4, -0.2) is 7.11 Å². The molecule has 0 amide bonds. The van der Waals surface area contributed by atoms with Gasteiger partial charge in [0.15, 0.2) is 0 Å². The molecule has 0 heterocycles. The number of benzene rings is 3. The second kappa shape index (κ2) is 8.01. The van der Waals surface area contributed by atoms with Gasteiger partial charge in [-0.05, 0) is 48.5 Å². The molecule has 0 bridgehead atoms. The van der Waals surface area contributed by atoms with Crippen molar-refractivity contribution < 1.29 is 13.5 Å². The summed E-state index contributed by atoms with van der Waals surface area (Å²) in [5, 5.41) is 0. The molecule has 1 nitrogen and oxygen atoms in total. The van der Waals surface area contributed by atoms with Crippen LogP contribution in [0.5, 0.6) is 5.75 Å². The first-order valence-electron chi connectivity index (χ1n) is 7.88. The molecule has 0 radical (unpaired) electrons. The first-order chi connectivity index (χ1) is 12.7. The number of hydrogen-bond donors (Lipinski definition) is 0. The summed E-state index contributed by atoms with van der Waals surface area (Å²) in [5.41, 5.74) is 1.40. The van der Waals surface area contributed by atoms with Crippen molar-refractivity contribution in [1.29, 1.82) is 0 Å². The molecule has 0 saturated heterocycles. The average molecular weight is 344 g/mol. The van der Waals surface area contributed by atoms with Crippen LogP contribution in [0.3, 0.4) is 0 Å². The molecule has 3 heteroatoms. The molecule has 0 aromatic heterocycles. The van der Waals surface area contributed by atoms with Crippen LogP contribution in [-0.2, 0) is 0 Å². The Morgan fingerprint density at radius 1 is 0.654 bits per heavy atom. The van der Waals surface area contributed by atoms with E-state index in [2.05, 4.69) is 23.7 Å². The Hall–Kier alpha value is -3.56. The lowest BCUT2D eigenvalue weighted by atomic mass is 10.1. The van der Waals surface area contributed by atoms with E-state index in [0.29, 0.717) is 11.3 Å². The van der Waals surface area contributed by atoms with Gasteiger partial charge in [0.2, 0.25) is 0 Å². The minimum atomic E-state index is -0.733. The largest absolute Gasteiger partial charge is 0.497 e. The monoisotopic (exact) mass is 344 g/mol. The number of ether oxygens (including phenoxy) is 1. The lowest BCUT2D eigenvalue weighted by Crippen LogP contribution is -1.92. The van der Waals surface area contributed by atoms with Crippen molar-refractivity contribution in [2.75, 3.05) is 7.11 Å². The molecule has 126 valence electrons. The quantitative estimate of drug-likeness (QED) is 0.578. The van der Waals surface area contributed by atoms with E-state index in [1.54, 1.807) is 31.4 Å². The van der Waals surface area contributed by atoms with E-state index in [1.165, 1.54) is 12.1 Å². The van der Waals surface area contributed by atoms with Gasteiger partial charge in [-0.15, -0.1) is 0 Å². The number of halogens is 2. The molecule has 0 atom stereocenters. The molecular formula is C23H14F2O. The summed E-state index contributed by atoms with van der Waals surface area (Å²) < 4.78 is 33.5.